The molecule has 0 aliphatic rings. The van der Waals surface area contributed by atoms with E-state index in [1.807, 2.05) is 32.1 Å². The molecular formula is C12H12I2O2. The van der Waals surface area contributed by atoms with Crippen LogP contribution in [0.25, 0.3) is 0 Å². The molecule has 2 nitrogen and oxygen atoms in total. The van der Waals surface area contributed by atoms with E-state index >= 15 is 0 Å². The summed E-state index contributed by atoms with van der Waals surface area (Å²) in [5, 5.41) is 0. The van der Waals surface area contributed by atoms with Crippen LogP contribution in [0.1, 0.15) is 24.2 Å². The summed E-state index contributed by atoms with van der Waals surface area (Å²) in [4.78, 5) is 10.9. The molecule has 0 amide bonds. The van der Waals surface area contributed by atoms with Gasteiger partial charge in [0.25, 0.3) is 0 Å². The Morgan fingerprint density at radius 1 is 1.38 bits per heavy atom. The van der Waals surface area contributed by atoms with Crippen LogP contribution in [0.2, 0.25) is 0 Å². The highest BCUT2D eigenvalue weighted by Gasteiger charge is 2.08. The summed E-state index contributed by atoms with van der Waals surface area (Å²) in [5.74, 6) is 0.675. The minimum absolute atomic E-state index is 0.500. The van der Waals surface area contributed by atoms with Crippen LogP contribution in [0.5, 0.6) is 5.75 Å². The van der Waals surface area contributed by atoms with Crippen molar-refractivity contribution in [3.63, 3.8) is 0 Å². The first kappa shape index (κ1) is 14.0. The van der Waals surface area contributed by atoms with E-state index in [4.69, 9.17) is 4.74 Å². The molecule has 0 unspecified atom stereocenters. The zero-order valence-corrected chi connectivity index (χ0v) is 13.4. The number of benzene rings is 1. The smallest absolute Gasteiger partial charge is 0.153 e. The Morgan fingerprint density at radius 2 is 2.06 bits per heavy atom. The van der Waals surface area contributed by atoms with E-state index < -0.39 is 0 Å². The number of hydrogen-bond donors (Lipinski definition) is 0. The van der Waals surface area contributed by atoms with Crippen LogP contribution < -0.4 is 4.74 Å². The molecule has 0 radical (unpaired) electrons. The van der Waals surface area contributed by atoms with Gasteiger partial charge in [-0.25, -0.2) is 0 Å². The van der Waals surface area contributed by atoms with Crippen molar-refractivity contribution in [3.8, 4) is 5.75 Å². The Bertz CT molecular complexity index is 421. The van der Waals surface area contributed by atoms with E-state index in [2.05, 4.69) is 45.2 Å². The number of halogens is 2. The predicted molar refractivity (Wildman–Crippen MR) is 82.2 cm³/mol. The molecule has 0 N–H and O–H groups in total. The first-order chi connectivity index (χ1) is 7.54. The van der Waals surface area contributed by atoms with Gasteiger partial charge < -0.3 is 4.74 Å². The van der Waals surface area contributed by atoms with Gasteiger partial charge in [0.1, 0.15) is 12.4 Å². The number of ether oxygens (including phenoxy) is 1. The molecule has 0 aliphatic heterocycles. The predicted octanol–water partition coefficient (Wildman–Crippen LogP) is 4.05. The molecule has 0 aromatic heterocycles. The van der Waals surface area contributed by atoms with E-state index in [0.29, 0.717) is 17.9 Å². The molecule has 1 rings (SSSR count). The molecule has 0 heterocycles. The summed E-state index contributed by atoms with van der Waals surface area (Å²) in [6.07, 6.45) is 2.82. The van der Waals surface area contributed by atoms with Gasteiger partial charge in [-0.15, -0.1) is 0 Å². The van der Waals surface area contributed by atoms with Crippen LogP contribution in [-0.2, 0) is 0 Å². The summed E-state index contributed by atoms with van der Waals surface area (Å²) in [5.41, 5.74) is 1.81. The van der Waals surface area contributed by atoms with Crippen molar-refractivity contribution >= 4 is 51.5 Å². The Labute approximate surface area is 123 Å². The largest absolute Gasteiger partial charge is 0.488 e. The first-order valence-electron chi connectivity index (χ1n) is 4.75. The van der Waals surface area contributed by atoms with Crippen LogP contribution in [0.15, 0.2) is 23.8 Å². The molecule has 16 heavy (non-hydrogen) atoms. The van der Waals surface area contributed by atoms with Gasteiger partial charge in [0.2, 0.25) is 0 Å². The van der Waals surface area contributed by atoms with Crippen LogP contribution in [0.4, 0.5) is 0 Å². The fourth-order valence-electron chi connectivity index (χ4n) is 1.11. The van der Waals surface area contributed by atoms with Gasteiger partial charge in [-0.2, -0.15) is 0 Å². The highest BCUT2D eigenvalue weighted by atomic mass is 127. The summed E-state index contributed by atoms with van der Waals surface area (Å²) < 4.78 is 7.61. The van der Waals surface area contributed by atoms with Gasteiger partial charge in [0.15, 0.2) is 6.29 Å². The molecule has 0 saturated heterocycles. The Kier molecular flexibility index (Phi) is 5.74. The van der Waals surface area contributed by atoms with Crippen LogP contribution in [0, 0.1) is 7.14 Å². The monoisotopic (exact) mass is 442 g/mol. The third-order valence-corrected chi connectivity index (χ3v) is 3.31. The molecule has 0 aliphatic carbocycles. The van der Waals surface area contributed by atoms with Gasteiger partial charge in [0, 0.05) is 3.57 Å². The van der Waals surface area contributed by atoms with Crippen molar-refractivity contribution in [2.45, 2.75) is 13.8 Å². The maximum atomic E-state index is 10.9. The lowest BCUT2D eigenvalue weighted by molar-refractivity contribution is 0.112. The SMILES string of the molecule is CC(C)=CCOc1c(I)cc(I)cc1C=O. The second-order valence-electron chi connectivity index (χ2n) is 3.52. The summed E-state index contributed by atoms with van der Waals surface area (Å²) >= 11 is 4.37. The average Bonchev–Trinajstić information content (AvgIpc) is 2.20. The Hall–Kier alpha value is -0.110. The lowest BCUT2D eigenvalue weighted by Crippen LogP contribution is -2.00. The van der Waals surface area contributed by atoms with E-state index in [9.17, 15) is 4.79 Å². The lowest BCUT2D eigenvalue weighted by Gasteiger charge is -2.09. The fourth-order valence-corrected chi connectivity index (χ4v) is 3.16. The topological polar surface area (TPSA) is 26.3 Å². The van der Waals surface area contributed by atoms with E-state index in [0.717, 1.165) is 13.4 Å². The minimum atomic E-state index is 0.500. The van der Waals surface area contributed by atoms with Gasteiger partial charge in [-0.3, -0.25) is 4.79 Å². The molecular weight excluding hydrogens is 430 g/mol. The normalized spacial score (nSPS) is 9.75. The fraction of sp³-hybridized carbons (Fsp3) is 0.250. The van der Waals surface area contributed by atoms with Crippen molar-refractivity contribution in [3.05, 3.63) is 36.5 Å². The minimum Gasteiger partial charge on any atom is -0.488 e. The standard InChI is InChI=1S/C12H12I2O2/c1-8(2)3-4-16-12-9(7-15)5-10(13)6-11(12)14/h3,5-7H,4H2,1-2H3. The van der Waals surface area contributed by atoms with Crippen molar-refractivity contribution in [1.82, 2.24) is 0 Å². The quantitative estimate of drug-likeness (QED) is 0.400. The van der Waals surface area contributed by atoms with Gasteiger partial charge in [-0.05, 0) is 77.2 Å². The molecule has 0 saturated carbocycles. The Balaban J connectivity index is 2.94. The summed E-state index contributed by atoms with van der Waals surface area (Å²) in [6, 6.07) is 3.82. The van der Waals surface area contributed by atoms with Crippen molar-refractivity contribution in [2.24, 2.45) is 0 Å². The van der Waals surface area contributed by atoms with E-state index in [1.165, 1.54) is 5.57 Å². The van der Waals surface area contributed by atoms with Crippen molar-refractivity contribution < 1.29 is 9.53 Å². The number of rotatable bonds is 4. The van der Waals surface area contributed by atoms with Gasteiger partial charge >= 0.3 is 0 Å². The third kappa shape index (κ3) is 4.04. The van der Waals surface area contributed by atoms with Crippen molar-refractivity contribution in [2.75, 3.05) is 6.61 Å². The molecule has 0 atom stereocenters. The number of carbonyl (C=O) groups is 1. The highest BCUT2D eigenvalue weighted by Crippen LogP contribution is 2.27. The average molecular weight is 442 g/mol. The summed E-state index contributed by atoms with van der Waals surface area (Å²) in [7, 11) is 0. The van der Waals surface area contributed by atoms with Crippen molar-refractivity contribution in [1.29, 1.82) is 0 Å². The zero-order valence-electron chi connectivity index (χ0n) is 9.09. The van der Waals surface area contributed by atoms with E-state index in [1.54, 1.807) is 0 Å². The second kappa shape index (κ2) is 6.58. The molecule has 86 valence electrons. The zero-order chi connectivity index (χ0) is 12.1. The van der Waals surface area contributed by atoms with Gasteiger partial charge in [0.05, 0.1) is 9.13 Å². The first-order valence-corrected chi connectivity index (χ1v) is 6.90. The van der Waals surface area contributed by atoms with E-state index in [-0.39, 0.29) is 0 Å². The Morgan fingerprint density at radius 3 is 2.62 bits per heavy atom. The summed E-state index contributed by atoms with van der Waals surface area (Å²) in [6.45, 7) is 4.53. The maximum Gasteiger partial charge on any atom is 0.153 e. The highest BCUT2D eigenvalue weighted by molar-refractivity contribution is 14.1. The molecule has 0 bridgehead atoms. The maximum absolute atomic E-state index is 10.9. The molecule has 4 heteroatoms. The molecule has 1 aromatic rings. The molecule has 0 fully saturated rings. The molecule has 1 aromatic carbocycles. The van der Waals surface area contributed by atoms with Gasteiger partial charge in [-0.1, -0.05) is 5.57 Å². The van der Waals surface area contributed by atoms with Crippen LogP contribution in [-0.4, -0.2) is 12.9 Å². The van der Waals surface area contributed by atoms with Crippen LogP contribution >= 0.6 is 45.2 Å². The third-order valence-electron chi connectivity index (χ3n) is 1.88. The lowest BCUT2D eigenvalue weighted by atomic mass is 10.2. The number of aldehydes is 1. The van der Waals surface area contributed by atoms with Crippen LogP contribution in [0.3, 0.4) is 0 Å². The number of allylic oxidation sites excluding steroid dienone is 1. The molecule has 0 spiro atoms. The number of hydrogen-bond acceptors (Lipinski definition) is 2. The second-order valence-corrected chi connectivity index (χ2v) is 5.92. The number of carbonyl (C=O) groups excluding carboxylic acids is 1.